The molecule has 33 heavy (non-hydrogen) atoms. The van der Waals surface area contributed by atoms with Crippen LogP contribution in [0.15, 0.2) is 60.7 Å². The molecule has 0 bridgehead atoms. The molecule has 0 spiro atoms. The highest BCUT2D eigenvalue weighted by Gasteiger charge is 2.34. The molecule has 2 rings (SSSR count). The van der Waals surface area contributed by atoms with Gasteiger partial charge in [0.15, 0.2) is 6.10 Å². The van der Waals surface area contributed by atoms with Crippen LogP contribution in [0, 0.1) is 5.92 Å². The predicted octanol–water partition coefficient (Wildman–Crippen LogP) is 1.08. The molecule has 3 amide bonds. The normalized spacial score (nSPS) is 14.3. The fraction of sp³-hybridized carbons (Fsp3) is 0.333. The van der Waals surface area contributed by atoms with E-state index in [2.05, 4.69) is 10.6 Å². The van der Waals surface area contributed by atoms with Crippen LogP contribution in [0.1, 0.15) is 42.2 Å². The summed E-state index contributed by atoms with van der Waals surface area (Å²) < 4.78 is 4.88. The smallest absolute Gasteiger partial charge is 0.306 e. The van der Waals surface area contributed by atoms with Crippen LogP contribution < -0.4 is 16.4 Å². The number of carbonyl (C=O) groups is 4. The summed E-state index contributed by atoms with van der Waals surface area (Å²) >= 11 is 0. The highest BCUT2D eigenvalue weighted by atomic mass is 16.5. The van der Waals surface area contributed by atoms with Gasteiger partial charge in [-0.1, -0.05) is 55.5 Å². The Bertz CT molecular complexity index is 951. The van der Waals surface area contributed by atoms with Crippen molar-refractivity contribution in [1.82, 2.24) is 10.6 Å². The molecule has 0 aliphatic rings. The van der Waals surface area contributed by atoms with Crippen molar-refractivity contribution in [2.24, 2.45) is 11.7 Å². The molecule has 0 aromatic heterocycles. The molecule has 4 atom stereocenters. The maximum atomic E-state index is 12.9. The first-order valence-electron chi connectivity index (χ1n) is 10.6. The molecule has 2 aromatic rings. The van der Waals surface area contributed by atoms with Gasteiger partial charge < -0.3 is 26.2 Å². The lowest BCUT2D eigenvalue weighted by Crippen LogP contribution is -2.54. The van der Waals surface area contributed by atoms with Crippen LogP contribution in [-0.2, 0) is 19.1 Å². The third-order valence-corrected chi connectivity index (χ3v) is 5.03. The fourth-order valence-corrected chi connectivity index (χ4v) is 3.30. The summed E-state index contributed by atoms with van der Waals surface area (Å²) in [6.45, 7) is 3.39. The van der Waals surface area contributed by atoms with Crippen molar-refractivity contribution >= 4 is 23.7 Å². The SMILES string of the molecule is CCOC(=O)C[C@H](C)[C@H](NC(=O)[C@H](O)[C@@H](NC(=O)c1ccccc1)c1ccccc1)C(N)=O. The molecule has 0 aliphatic heterocycles. The van der Waals surface area contributed by atoms with Gasteiger partial charge in [0, 0.05) is 5.56 Å². The number of aliphatic hydroxyl groups excluding tert-OH is 1. The zero-order chi connectivity index (χ0) is 24.4. The van der Waals surface area contributed by atoms with Gasteiger partial charge in [0.05, 0.1) is 19.1 Å². The summed E-state index contributed by atoms with van der Waals surface area (Å²) in [6, 6.07) is 14.5. The van der Waals surface area contributed by atoms with Crippen LogP contribution in [0.25, 0.3) is 0 Å². The fourth-order valence-electron chi connectivity index (χ4n) is 3.30. The van der Waals surface area contributed by atoms with Gasteiger partial charge in [0.2, 0.25) is 5.91 Å². The number of ether oxygens (including phenoxy) is 1. The number of rotatable bonds is 11. The summed E-state index contributed by atoms with van der Waals surface area (Å²) in [6.07, 6.45) is -1.89. The van der Waals surface area contributed by atoms with Crippen molar-refractivity contribution in [1.29, 1.82) is 0 Å². The molecule has 0 aliphatic carbocycles. The van der Waals surface area contributed by atoms with Crippen LogP contribution >= 0.6 is 0 Å². The van der Waals surface area contributed by atoms with Crippen LogP contribution in [0.3, 0.4) is 0 Å². The van der Waals surface area contributed by atoms with Gasteiger partial charge in [0.25, 0.3) is 11.8 Å². The standard InChI is InChI=1S/C24H29N3O6/c1-3-33-18(28)14-15(2)19(22(25)30)26-24(32)21(29)20(16-10-6-4-7-11-16)27-23(31)17-12-8-5-9-13-17/h4-13,15,19-21,29H,3,14H2,1-2H3,(H2,25,30)(H,26,32)(H,27,31)/t15-,19-,20-,21+/m0/s1. The molecule has 0 fully saturated rings. The van der Waals surface area contributed by atoms with E-state index in [9.17, 15) is 24.3 Å². The summed E-state index contributed by atoms with van der Waals surface area (Å²) in [5, 5.41) is 15.9. The van der Waals surface area contributed by atoms with E-state index in [1.54, 1.807) is 74.5 Å². The molecule has 5 N–H and O–H groups in total. The first kappa shape index (κ1) is 25.5. The molecule has 0 heterocycles. The summed E-state index contributed by atoms with van der Waals surface area (Å²) in [7, 11) is 0. The number of esters is 1. The average molecular weight is 456 g/mol. The Morgan fingerprint density at radius 1 is 0.970 bits per heavy atom. The highest BCUT2D eigenvalue weighted by Crippen LogP contribution is 2.19. The Balaban J connectivity index is 2.20. The third kappa shape index (κ3) is 7.43. The first-order chi connectivity index (χ1) is 15.7. The second kappa shape index (κ2) is 12.4. The maximum Gasteiger partial charge on any atom is 0.306 e. The first-order valence-corrected chi connectivity index (χ1v) is 10.6. The third-order valence-electron chi connectivity index (χ3n) is 5.03. The van der Waals surface area contributed by atoms with Crippen LogP contribution in [0.4, 0.5) is 0 Å². The number of hydrogen-bond donors (Lipinski definition) is 4. The number of aliphatic hydroxyl groups is 1. The molecule has 0 radical (unpaired) electrons. The Hall–Kier alpha value is -3.72. The number of primary amides is 1. The monoisotopic (exact) mass is 455 g/mol. The molecule has 176 valence electrons. The van der Waals surface area contributed by atoms with E-state index in [1.165, 1.54) is 0 Å². The van der Waals surface area contributed by atoms with Crippen molar-refractivity contribution in [2.45, 2.75) is 38.5 Å². The van der Waals surface area contributed by atoms with Crippen molar-refractivity contribution < 1.29 is 29.0 Å². The molecular formula is C24H29N3O6. The highest BCUT2D eigenvalue weighted by molar-refractivity contribution is 5.95. The van der Waals surface area contributed by atoms with Gasteiger partial charge in [-0.15, -0.1) is 0 Å². The van der Waals surface area contributed by atoms with E-state index in [4.69, 9.17) is 10.5 Å². The van der Waals surface area contributed by atoms with Crippen molar-refractivity contribution in [2.75, 3.05) is 6.61 Å². The van der Waals surface area contributed by atoms with E-state index in [0.29, 0.717) is 11.1 Å². The zero-order valence-corrected chi connectivity index (χ0v) is 18.6. The van der Waals surface area contributed by atoms with Crippen molar-refractivity contribution in [3.63, 3.8) is 0 Å². The topological polar surface area (TPSA) is 148 Å². The van der Waals surface area contributed by atoms with Crippen LogP contribution in [-0.4, -0.2) is 47.6 Å². The minimum Gasteiger partial charge on any atom is -0.466 e. The molecule has 9 heteroatoms. The van der Waals surface area contributed by atoms with Crippen LogP contribution in [0.5, 0.6) is 0 Å². The summed E-state index contributed by atoms with van der Waals surface area (Å²) in [5.41, 5.74) is 6.26. The Labute approximate surface area is 192 Å². The van der Waals surface area contributed by atoms with Gasteiger partial charge in [0.1, 0.15) is 6.04 Å². The van der Waals surface area contributed by atoms with Gasteiger partial charge in [-0.25, -0.2) is 0 Å². The second-order valence-electron chi connectivity index (χ2n) is 7.55. The van der Waals surface area contributed by atoms with Gasteiger partial charge >= 0.3 is 5.97 Å². The van der Waals surface area contributed by atoms with E-state index in [1.807, 2.05) is 0 Å². The Morgan fingerprint density at radius 2 is 1.55 bits per heavy atom. The predicted molar refractivity (Wildman–Crippen MR) is 121 cm³/mol. The zero-order valence-electron chi connectivity index (χ0n) is 18.6. The number of nitrogens with two attached hydrogens (primary N) is 1. The number of carbonyl (C=O) groups excluding carboxylic acids is 4. The Kier molecular flexibility index (Phi) is 9.56. The molecular weight excluding hydrogens is 426 g/mol. The van der Waals surface area contributed by atoms with E-state index < -0.39 is 47.8 Å². The number of hydrogen-bond acceptors (Lipinski definition) is 6. The lowest BCUT2D eigenvalue weighted by molar-refractivity contribution is -0.145. The quantitative estimate of drug-likeness (QED) is 0.373. The molecule has 0 saturated carbocycles. The molecule has 2 aromatic carbocycles. The Morgan fingerprint density at radius 3 is 2.09 bits per heavy atom. The maximum absolute atomic E-state index is 12.9. The molecule has 9 nitrogen and oxygen atoms in total. The van der Waals surface area contributed by atoms with E-state index in [-0.39, 0.29) is 13.0 Å². The number of amides is 3. The van der Waals surface area contributed by atoms with E-state index >= 15 is 0 Å². The lowest BCUT2D eigenvalue weighted by atomic mass is 9.96. The minimum absolute atomic E-state index is 0.148. The average Bonchev–Trinajstić information content (AvgIpc) is 2.81. The molecule has 0 unspecified atom stereocenters. The second-order valence-corrected chi connectivity index (χ2v) is 7.55. The van der Waals surface area contributed by atoms with Gasteiger partial charge in [-0.3, -0.25) is 19.2 Å². The van der Waals surface area contributed by atoms with Gasteiger partial charge in [-0.05, 0) is 30.5 Å². The van der Waals surface area contributed by atoms with Gasteiger partial charge in [-0.2, -0.15) is 0 Å². The van der Waals surface area contributed by atoms with Crippen molar-refractivity contribution in [3.05, 3.63) is 71.8 Å². The summed E-state index contributed by atoms with van der Waals surface area (Å²) in [5.74, 6) is -3.48. The largest absolute Gasteiger partial charge is 0.466 e. The number of benzene rings is 2. The summed E-state index contributed by atoms with van der Waals surface area (Å²) in [4.78, 5) is 49.3. The van der Waals surface area contributed by atoms with Crippen molar-refractivity contribution in [3.8, 4) is 0 Å². The van der Waals surface area contributed by atoms with Crippen LogP contribution in [0.2, 0.25) is 0 Å². The van der Waals surface area contributed by atoms with E-state index in [0.717, 1.165) is 0 Å². The molecule has 0 saturated heterocycles. The number of nitrogens with one attached hydrogen (secondary N) is 2. The lowest BCUT2D eigenvalue weighted by Gasteiger charge is -2.27. The minimum atomic E-state index is -1.74.